The first kappa shape index (κ1) is 10.2. The third-order valence-corrected chi connectivity index (χ3v) is 2.84. The van der Waals surface area contributed by atoms with Crippen LogP contribution in [0.3, 0.4) is 0 Å². The number of ketones is 1. The van der Waals surface area contributed by atoms with Gasteiger partial charge in [-0.15, -0.1) is 0 Å². The summed E-state index contributed by atoms with van der Waals surface area (Å²) >= 11 is 0. The molecule has 0 atom stereocenters. The first-order chi connectivity index (χ1) is 7.08. The summed E-state index contributed by atoms with van der Waals surface area (Å²) in [7, 11) is 0. The Balaban J connectivity index is 2.37. The number of benzene rings is 1. The van der Waals surface area contributed by atoms with Crippen molar-refractivity contribution in [2.24, 2.45) is 0 Å². The minimum Gasteiger partial charge on any atom is -0.508 e. The zero-order valence-electron chi connectivity index (χ0n) is 9.03. The Kier molecular flexibility index (Phi) is 2.49. The Morgan fingerprint density at radius 2 is 2.07 bits per heavy atom. The standard InChI is InChI=1S/C12H15NO2/c1-8(2)13-6-9-5-10(14)3-4-11(9)12(15)7-13/h3-5,8,14H,6-7H2,1-2H3. The van der Waals surface area contributed by atoms with Crippen molar-refractivity contribution in [1.82, 2.24) is 4.90 Å². The van der Waals surface area contributed by atoms with E-state index in [9.17, 15) is 9.90 Å². The monoisotopic (exact) mass is 205 g/mol. The molecule has 0 spiro atoms. The van der Waals surface area contributed by atoms with E-state index in [1.807, 2.05) is 0 Å². The summed E-state index contributed by atoms with van der Waals surface area (Å²) in [6.45, 7) is 5.37. The number of hydrogen-bond donors (Lipinski definition) is 1. The van der Waals surface area contributed by atoms with Gasteiger partial charge in [0, 0.05) is 18.2 Å². The Bertz CT molecular complexity index is 399. The van der Waals surface area contributed by atoms with Crippen molar-refractivity contribution in [3.8, 4) is 5.75 Å². The van der Waals surface area contributed by atoms with Crippen LogP contribution in [-0.2, 0) is 6.54 Å². The molecule has 1 N–H and O–H groups in total. The SMILES string of the molecule is CC(C)N1CC(=O)c2ccc(O)cc2C1. The number of rotatable bonds is 1. The second kappa shape index (κ2) is 3.66. The number of phenols is 1. The van der Waals surface area contributed by atoms with E-state index < -0.39 is 0 Å². The molecular formula is C12H15NO2. The average molecular weight is 205 g/mol. The van der Waals surface area contributed by atoms with E-state index in [1.165, 1.54) is 0 Å². The van der Waals surface area contributed by atoms with Crippen LogP contribution in [-0.4, -0.2) is 28.4 Å². The fraction of sp³-hybridized carbons (Fsp3) is 0.417. The fourth-order valence-corrected chi connectivity index (χ4v) is 1.89. The summed E-state index contributed by atoms with van der Waals surface area (Å²) in [4.78, 5) is 13.9. The maximum absolute atomic E-state index is 11.8. The highest BCUT2D eigenvalue weighted by molar-refractivity contribution is 6.00. The van der Waals surface area contributed by atoms with Crippen LogP contribution >= 0.6 is 0 Å². The van der Waals surface area contributed by atoms with Gasteiger partial charge in [-0.25, -0.2) is 0 Å². The number of carbonyl (C=O) groups is 1. The summed E-state index contributed by atoms with van der Waals surface area (Å²) < 4.78 is 0. The van der Waals surface area contributed by atoms with Gasteiger partial charge in [0.2, 0.25) is 0 Å². The number of aromatic hydroxyl groups is 1. The van der Waals surface area contributed by atoms with Gasteiger partial charge in [-0.1, -0.05) is 0 Å². The summed E-state index contributed by atoms with van der Waals surface area (Å²) in [6, 6.07) is 5.32. The van der Waals surface area contributed by atoms with Crippen molar-refractivity contribution in [3.05, 3.63) is 29.3 Å². The van der Waals surface area contributed by atoms with E-state index in [1.54, 1.807) is 18.2 Å². The van der Waals surface area contributed by atoms with E-state index in [4.69, 9.17) is 0 Å². The minimum absolute atomic E-state index is 0.143. The predicted octanol–water partition coefficient (Wildman–Crippen LogP) is 1.80. The summed E-state index contributed by atoms with van der Waals surface area (Å²) in [6.07, 6.45) is 0. The van der Waals surface area contributed by atoms with Gasteiger partial charge < -0.3 is 5.11 Å². The van der Waals surface area contributed by atoms with E-state index in [-0.39, 0.29) is 11.5 Å². The molecule has 0 fully saturated rings. The Morgan fingerprint density at radius 1 is 1.33 bits per heavy atom. The maximum atomic E-state index is 11.8. The van der Waals surface area contributed by atoms with Crippen molar-refractivity contribution in [2.75, 3.05) is 6.54 Å². The first-order valence-corrected chi connectivity index (χ1v) is 5.17. The lowest BCUT2D eigenvalue weighted by atomic mass is 9.97. The molecule has 3 heteroatoms. The van der Waals surface area contributed by atoms with Crippen LogP contribution in [0.15, 0.2) is 18.2 Å². The average Bonchev–Trinajstić information content (AvgIpc) is 2.16. The molecule has 80 valence electrons. The molecule has 0 saturated heterocycles. The lowest BCUT2D eigenvalue weighted by Gasteiger charge is -2.30. The molecule has 1 heterocycles. The van der Waals surface area contributed by atoms with Crippen LogP contribution in [0.1, 0.15) is 29.8 Å². The zero-order valence-corrected chi connectivity index (χ0v) is 9.03. The molecule has 1 aliphatic heterocycles. The molecule has 0 radical (unpaired) electrons. The van der Waals surface area contributed by atoms with Gasteiger partial charge in [-0.05, 0) is 37.6 Å². The van der Waals surface area contributed by atoms with Crippen molar-refractivity contribution in [1.29, 1.82) is 0 Å². The molecule has 15 heavy (non-hydrogen) atoms. The molecule has 1 aromatic rings. The largest absolute Gasteiger partial charge is 0.508 e. The molecule has 0 aromatic heterocycles. The number of phenolic OH excluding ortho intramolecular Hbond substituents is 1. The second-order valence-corrected chi connectivity index (χ2v) is 4.26. The third-order valence-electron chi connectivity index (χ3n) is 2.84. The number of nitrogens with zero attached hydrogens (tertiary/aromatic N) is 1. The molecule has 0 aliphatic carbocycles. The highest BCUT2D eigenvalue weighted by atomic mass is 16.3. The Hall–Kier alpha value is -1.35. The van der Waals surface area contributed by atoms with E-state index in [0.717, 1.165) is 17.7 Å². The smallest absolute Gasteiger partial charge is 0.177 e. The lowest BCUT2D eigenvalue weighted by Crippen LogP contribution is -2.39. The number of Topliss-reactive ketones (excluding diaryl/α,β-unsaturated/α-hetero) is 1. The fourth-order valence-electron chi connectivity index (χ4n) is 1.89. The number of fused-ring (bicyclic) bond motifs is 1. The Labute approximate surface area is 89.3 Å². The van der Waals surface area contributed by atoms with Crippen LogP contribution in [0.4, 0.5) is 0 Å². The van der Waals surface area contributed by atoms with E-state index in [0.29, 0.717) is 12.6 Å². The normalized spacial score (nSPS) is 16.9. The number of hydrogen-bond acceptors (Lipinski definition) is 3. The maximum Gasteiger partial charge on any atom is 0.177 e. The summed E-state index contributed by atoms with van der Waals surface area (Å²) in [5, 5.41) is 9.37. The summed E-state index contributed by atoms with van der Waals surface area (Å²) in [5.74, 6) is 0.372. The first-order valence-electron chi connectivity index (χ1n) is 5.17. The Morgan fingerprint density at radius 3 is 2.73 bits per heavy atom. The third kappa shape index (κ3) is 1.88. The van der Waals surface area contributed by atoms with E-state index >= 15 is 0 Å². The molecule has 2 rings (SSSR count). The molecule has 0 amide bonds. The zero-order chi connectivity index (χ0) is 11.0. The van der Waals surface area contributed by atoms with Gasteiger partial charge in [-0.3, -0.25) is 9.69 Å². The highest BCUT2D eigenvalue weighted by Gasteiger charge is 2.24. The van der Waals surface area contributed by atoms with Crippen LogP contribution in [0, 0.1) is 0 Å². The van der Waals surface area contributed by atoms with Crippen LogP contribution in [0.25, 0.3) is 0 Å². The molecule has 1 aliphatic rings. The quantitative estimate of drug-likeness (QED) is 0.760. The van der Waals surface area contributed by atoms with Gasteiger partial charge in [0.15, 0.2) is 5.78 Å². The highest BCUT2D eigenvalue weighted by Crippen LogP contribution is 2.24. The van der Waals surface area contributed by atoms with Crippen molar-refractivity contribution < 1.29 is 9.90 Å². The molecule has 1 aromatic carbocycles. The van der Waals surface area contributed by atoms with Crippen LogP contribution < -0.4 is 0 Å². The predicted molar refractivity (Wildman–Crippen MR) is 58.0 cm³/mol. The lowest BCUT2D eigenvalue weighted by molar-refractivity contribution is 0.0868. The van der Waals surface area contributed by atoms with Crippen molar-refractivity contribution >= 4 is 5.78 Å². The molecule has 0 bridgehead atoms. The summed E-state index contributed by atoms with van der Waals surface area (Å²) in [5.41, 5.74) is 1.68. The van der Waals surface area contributed by atoms with Crippen molar-refractivity contribution in [2.45, 2.75) is 26.4 Å². The van der Waals surface area contributed by atoms with Gasteiger partial charge in [0.1, 0.15) is 5.75 Å². The van der Waals surface area contributed by atoms with Gasteiger partial charge in [-0.2, -0.15) is 0 Å². The van der Waals surface area contributed by atoms with Crippen molar-refractivity contribution in [3.63, 3.8) is 0 Å². The van der Waals surface area contributed by atoms with E-state index in [2.05, 4.69) is 18.7 Å². The minimum atomic E-state index is 0.143. The van der Waals surface area contributed by atoms with Gasteiger partial charge >= 0.3 is 0 Å². The molecule has 3 nitrogen and oxygen atoms in total. The number of carbonyl (C=O) groups excluding carboxylic acids is 1. The second-order valence-electron chi connectivity index (χ2n) is 4.26. The van der Waals surface area contributed by atoms with Gasteiger partial charge in [0.25, 0.3) is 0 Å². The van der Waals surface area contributed by atoms with Crippen LogP contribution in [0.2, 0.25) is 0 Å². The topological polar surface area (TPSA) is 40.5 Å². The van der Waals surface area contributed by atoms with Crippen LogP contribution in [0.5, 0.6) is 5.75 Å². The molecule has 0 unspecified atom stereocenters. The van der Waals surface area contributed by atoms with Gasteiger partial charge in [0.05, 0.1) is 6.54 Å². The molecule has 0 saturated carbocycles. The molecular weight excluding hydrogens is 190 g/mol.